The van der Waals surface area contributed by atoms with Gasteiger partial charge in [-0.2, -0.15) is 0 Å². The molecule has 5 amide bonds. The minimum absolute atomic E-state index is 0.177. The van der Waals surface area contributed by atoms with Crippen LogP contribution in [0.2, 0.25) is 0 Å². The molecular formula is C34H37N5O5. The molecular weight excluding hydrogens is 558 g/mol. The quantitative estimate of drug-likeness (QED) is 0.213. The monoisotopic (exact) mass is 595 g/mol. The van der Waals surface area contributed by atoms with Crippen LogP contribution in [0.3, 0.4) is 0 Å². The first kappa shape index (κ1) is 30.4. The van der Waals surface area contributed by atoms with E-state index in [2.05, 4.69) is 16.0 Å². The molecule has 44 heavy (non-hydrogen) atoms. The van der Waals surface area contributed by atoms with E-state index in [1.54, 1.807) is 54.1 Å². The Balaban J connectivity index is 1.36. The predicted octanol–water partition coefficient (Wildman–Crippen LogP) is 5.87. The van der Waals surface area contributed by atoms with Crippen LogP contribution in [0.1, 0.15) is 24.2 Å². The minimum Gasteiger partial charge on any atom is -0.487 e. The van der Waals surface area contributed by atoms with Gasteiger partial charge in [0.05, 0.1) is 30.4 Å². The lowest BCUT2D eigenvalue weighted by atomic mass is 9.99. The van der Waals surface area contributed by atoms with Crippen LogP contribution in [-0.4, -0.2) is 71.8 Å². The summed E-state index contributed by atoms with van der Waals surface area (Å²) in [5.74, 6) is -0.164. The van der Waals surface area contributed by atoms with E-state index in [1.807, 2.05) is 67.6 Å². The third-order valence-electron chi connectivity index (χ3n) is 7.79. The van der Waals surface area contributed by atoms with Gasteiger partial charge in [0.25, 0.3) is 5.91 Å². The maximum atomic E-state index is 13.7. The van der Waals surface area contributed by atoms with Gasteiger partial charge in [0.2, 0.25) is 0 Å². The van der Waals surface area contributed by atoms with Gasteiger partial charge in [0.1, 0.15) is 11.9 Å². The molecule has 0 aromatic heterocycles. The zero-order valence-corrected chi connectivity index (χ0v) is 25.0. The van der Waals surface area contributed by atoms with Gasteiger partial charge in [-0.05, 0) is 48.7 Å². The third-order valence-corrected chi connectivity index (χ3v) is 7.79. The molecule has 0 saturated heterocycles. The Bertz CT molecular complexity index is 1640. The van der Waals surface area contributed by atoms with Crippen LogP contribution in [0, 0.1) is 5.92 Å². The van der Waals surface area contributed by atoms with E-state index in [0.29, 0.717) is 29.4 Å². The summed E-state index contributed by atoms with van der Waals surface area (Å²) in [5, 5.41) is 20.5. The summed E-state index contributed by atoms with van der Waals surface area (Å²) in [7, 11) is 1.70. The summed E-state index contributed by atoms with van der Waals surface area (Å²) in [6.07, 6.45) is -0.473. The number of nitrogens with zero attached hydrogens (tertiary/aromatic N) is 2. The Morgan fingerprint density at radius 2 is 1.66 bits per heavy atom. The average molecular weight is 596 g/mol. The Morgan fingerprint density at radius 3 is 2.43 bits per heavy atom. The zero-order chi connectivity index (χ0) is 31.2. The number of hydrogen-bond acceptors (Lipinski definition) is 5. The van der Waals surface area contributed by atoms with E-state index in [9.17, 15) is 19.5 Å². The molecule has 4 aromatic rings. The van der Waals surface area contributed by atoms with Crippen LogP contribution in [0.4, 0.5) is 26.7 Å². The molecule has 0 bridgehead atoms. The number of carbonyl (C=O) groups excluding carboxylic acids is 3. The van der Waals surface area contributed by atoms with E-state index in [-0.39, 0.29) is 36.6 Å². The molecule has 1 heterocycles. The van der Waals surface area contributed by atoms with E-state index in [0.717, 1.165) is 10.8 Å². The highest BCUT2D eigenvalue weighted by atomic mass is 16.5. The highest BCUT2D eigenvalue weighted by molar-refractivity contribution is 6.03. The van der Waals surface area contributed by atoms with Gasteiger partial charge in [-0.25, -0.2) is 9.59 Å². The molecule has 0 spiro atoms. The van der Waals surface area contributed by atoms with Crippen LogP contribution >= 0.6 is 0 Å². The molecule has 0 radical (unpaired) electrons. The highest BCUT2D eigenvalue weighted by Gasteiger charge is 2.34. The molecule has 5 rings (SSSR count). The fourth-order valence-electron chi connectivity index (χ4n) is 5.23. The maximum Gasteiger partial charge on any atom is 0.323 e. The number of aliphatic hydroxyl groups is 1. The molecule has 0 aliphatic carbocycles. The second-order valence-electron chi connectivity index (χ2n) is 11.1. The van der Waals surface area contributed by atoms with E-state index < -0.39 is 18.2 Å². The van der Waals surface area contributed by atoms with Crippen molar-refractivity contribution in [2.24, 2.45) is 5.92 Å². The van der Waals surface area contributed by atoms with Crippen LogP contribution in [-0.2, 0) is 0 Å². The number of likely N-dealkylation sites (N-methyl/N-ethyl adjacent to an activating group) is 1. The summed E-state index contributed by atoms with van der Waals surface area (Å²) in [4.78, 5) is 42.9. The number of urea groups is 2. The maximum absolute atomic E-state index is 13.7. The summed E-state index contributed by atoms with van der Waals surface area (Å²) < 4.78 is 6.42. The van der Waals surface area contributed by atoms with Gasteiger partial charge in [-0.1, -0.05) is 61.5 Å². The number of benzene rings is 4. The van der Waals surface area contributed by atoms with E-state index in [4.69, 9.17) is 4.74 Å². The molecule has 10 nitrogen and oxygen atoms in total. The summed E-state index contributed by atoms with van der Waals surface area (Å²) >= 11 is 0. The van der Waals surface area contributed by atoms with Gasteiger partial charge in [-0.15, -0.1) is 0 Å². The SMILES string of the molecule is C[C@H]1CN([C@@H](C)CO)C(=O)c2cc(NC(=O)Nc3ccccc3)ccc2O[C@H]1CN(C)C(=O)Nc1cccc2ccccc12. The van der Waals surface area contributed by atoms with Crippen molar-refractivity contribution < 1.29 is 24.2 Å². The number of para-hydroxylation sites is 1. The van der Waals surface area contributed by atoms with Crippen molar-refractivity contribution in [1.82, 2.24) is 9.80 Å². The predicted molar refractivity (Wildman–Crippen MR) is 172 cm³/mol. The van der Waals surface area contributed by atoms with Gasteiger partial charge in [0, 0.05) is 36.3 Å². The molecule has 1 aliphatic heterocycles. The van der Waals surface area contributed by atoms with E-state index in [1.165, 1.54) is 0 Å². The Hall–Kier alpha value is -5.09. The Morgan fingerprint density at radius 1 is 0.955 bits per heavy atom. The smallest absolute Gasteiger partial charge is 0.323 e. The van der Waals surface area contributed by atoms with Crippen molar-refractivity contribution in [2.75, 3.05) is 42.7 Å². The van der Waals surface area contributed by atoms with Gasteiger partial charge >= 0.3 is 12.1 Å². The molecule has 0 unspecified atom stereocenters. The first-order chi connectivity index (χ1) is 21.2. The third kappa shape index (κ3) is 6.92. The zero-order valence-electron chi connectivity index (χ0n) is 25.0. The molecule has 0 fully saturated rings. The lowest BCUT2D eigenvalue weighted by molar-refractivity contribution is 0.0371. The number of amides is 5. The summed E-state index contributed by atoms with van der Waals surface area (Å²) in [5.41, 5.74) is 2.00. The number of hydrogen-bond donors (Lipinski definition) is 4. The normalized spacial score (nSPS) is 17.0. The van der Waals surface area contributed by atoms with E-state index >= 15 is 0 Å². The van der Waals surface area contributed by atoms with Crippen LogP contribution in [0.5, 0.6) is 5.75 Å². The van der Waals surface area contributed by atoms with Crippen LogP contribution < -0.4 is 20.7 Å². The van der Waals surface area contributed by atoms with Gasteiger partial charge < -0.3 is 35.6 Å². The number of fused-ring (bicyclic) bond motifs is 2. The van der Waals surface area contributed by atoms with Crippen LogP contribution in [0.25, 0.3) is 10.8 Å². The van der Waals surface area contributed by atoms with Crippen molar-refractivity contribution in [2.45, 2.75) is 26.0 Å². The van der Waals surface area contributed by atoms with Crippen LogP contribution in [0.15, 0.2) is 91.0 Å². The summed E-state index contributed by atoms with van der Waals surface area (Å²) in [6, 6.07) is 26.3. The lowest BCUT2D eigenvalue weighted by Gasteiger charge is -2.38. The minimum atomic E-state index is -0.473. The first-order valence-corrected chi connectivity index (χ1v) is 14.6. The largest absolute Gasteiger partial charge is 0.487 e. The lowest BCUT2D eigenvalue weighted by Crippen LogP contribution is -2.50. The number of rotatable bonds is 7. The standard InChI is InChI=1S/C34H37N5O5/c1-22-19-39(23(2)21-40)32(41)28-18-26(36-33(42)35-25-12-5-4-6-13-25)16-17-30(28)44-31(22)20-38(3)34(43)37-29-15-9-11-24-10-7-8-14-27(24)29/h4-18,22-23,31,40H,19-21H2,1-3H3,(H,37,43)(H2,35,36,42)/t22-,23-,31-/m0/s1. The summed E-state index contributed by atoms with van der Waals surface area (Å²) in [6.45, 7) is 4.06. The molecule has 1 aliphatic rings. The number of aliphatic hydroxyl groups excluding tert-OH is 1. The number of nitrogens with one attached hydrogen (secondary N) is 3. The Labute approximate surface area is 256 Å². The van der Waals surface area contributed by atoms with Crippen molar-refractivity contribution in [1.29, 1.82) is 0 Å². The first-order valence-electron chi connectivity index (χ1n) is 14.6. The van der Waals surface area contributed by atoms with Gasteiger partial charge in [-0.3, -0.25) is 4.79 Å². The number of ether oxygens (including phenoxy) is 1. The number of anilines is 3. The highest BCUT2D eigenvalue weighted by Crippen LogP contribution is 2.31. The number of carbonyl (C=O) groups is 3. The van der Waals surface area contributed by atoms with Crippen molar-refractivity contribution in [3.05, 3.63) is 96.6 Å². The molecule has 4 N–H and O–H groups in total. The van der Waals surface area contributed by atoms with Crippen molar-refractivity contribution >= 4 is 45.8 Å². The average Bonchev–Trinajstić information content (AvgIpc) is 3.03. The second-order valence-corrected chi connectivity index (χ2v) is 11.1. The fraction of sp³-hybridized carbons (Fsp3) is 0.265. The van der Waals surface area contributed by atoms with Crippen molar-refractivity contribution in [3.8, 4) is 5.75 Å². The molecule has 0 saturated carbocycles. The molecule has 4 aromatic carbocycles. The second kappa shape index (κ2) is 13.5. The molecule has 10 heteroatoms. The van der Waals surface area contributed by atoms with Gasteiger partial charge in [0.15, 0.2) is 0 Å². The Kier molecular flexibility index (Phi) is 9.30. The van der Waals surface area contributed by atoms with Crippen molar-refractivity contribution in [3.63, 3.8) is 0 Å². The topological polar surface area (TPSA) is 123 Å². The molecule has 3 atom stereocenters. The molecule has 228 valence electrons. The fourth-order valence-corrected chi connectivity index (χ4v) is 5.23.